The molecule has 0 bridgehead atoms. The predicted molar refractivity (Wildman–Crippen MR) is 33.9 cm³/mol. The van der Waals surface area contributed by atoms with E-state index in [0.717, 1.165) is 0 Å². The van der Waals surface area contributed by atoms with Crippen molar-refractivity contribution in [3.8, 4) is 0 Å². The number of rotatable bonds is 0. The number of carbonyl (C=O) groups is 1. The van der Waals surface area contributed by atoms with Crippen molar-refractivity contribution >= 4 is 5.97 Å². The molecule has 1 fully saturated rings. The molecule has 1 aliphatic heterocycles. The molecule has 52 valence electrons. The second kappa shape index (κ2) is 2.01. The maximum absolute atomic E-state index is 10.8. The molecule has 0 amide bonds. The first kappa shape index (κ1) is 6.59. The van der Waals surface area contributed by atoms with Gasteiger partial charge in [0, 0.05) is 5.92 Å². The molecular formula is C7H12O2. The topological polar surface area (TPSA) is 26.3 Å². The van der Waals surface area contributed by atoms with E-state index < -0.39 is 0 Å². The highest BCUT2D eigenvalue weighted by molar-refractivity contribution is 5.74. The van der Waals surface area contributed by atoms with Gasteiger partial charge in [0.25, 0.3) is 0 Å². The van der Waals surface area contributed by atoms with Crippen LogP contribution < -0.4 is 0 Å². The van der Waals surface area contributed by atoms with Crippen molar-refractivity contribution in [3.05, 3.63) is 0 Å². The molecule has 2 nitrogen and oxygen atoms in total. The van der Waals surface area contributed by atoms with Crippen molar-refractivity contribution in [2.45, 2.75) is 26.9 Å². The van der Waals surface area contributed by atoms with Crippen LogP contribution >= 0.6 is 0 Å². The van der Waals surface area contributed by atoms with Gasteiger partial charge in [-0.15, -0.1) is 0 Å². The molecule has 0 aromatic rings. The lowest BCUT2D eigenvalue weighted by atomic mass is 9.95. The summed E-state index contributed by atoms with van der Waals surface area (Å²) in [5, 5.41) is 0. The molecule has 1 aliphatic rings. The first-order chi connectivity index (χ1) is 4.13. The van der Waals surface area contributed by atoms with E-state index in [2.05, 4.69) is 0 Å². The zero-order valence-electron chi connectivity index (χ0n) is 6.05. The number of hydrogen-bond donors (Lipinski definition) is 0. The van der Waals surface area contributed by atoms with Crippen LogP contribution in [0.3, 0.4) is 0 Å². The lowest BCUT2D eigenvalue weighted by Crippen LogP contribution is -2.11. The average Bonchev–Trinajstić information content (AvgIpc) is 1.98. The zero-order chi connectivity index (χ0) is 7.02. The van der Waals surface area contributed by atoms with E-state index >= 15 is 0 Å². The van der Waals surface area contributed by atoms with Crippen LogP contribution in [-0.2, 0) is 9.53 Å². The number of esters is 1. The molecule has 0 aromatic heterocycles. The first-order valence-electron chi connectivity index (χ1n) is 3.33. The SMILES string of the molecule is CC1OC(=O)[C@@H](C)C1C. The largest absolute Gasteiger partial charge is 0.462 e. The average molecular weight is 128 g/mol. The van der Waals surface area contributed by atoms with Crippen molar-refractivity contribution in [3.63, 3.8) is 0 Å². The minimum Gasteiger partial charge on any atom is -0.462 e. The van der Waals surface area contributed by atoms with Gasteiger partial charge in [-0.05, 0) is 6.92 Å². The molecule has 0 radical (unpaired) electrons. The standard InChI is InChI=1S/C7H12O2/c1-4-5(2)7(8)9-6(4)3/h4-6H,1-3H3/t4?,5-,6?/m0/s1. The summed E-state index contributed by atoms with van der Waals surface area (Å²) in [6.07, 6.45) is 0.118. The maximum Gasteiger partial charge on any atom is 0.309 e. The van der Waals surface area contributed by atoms with Gasteiger partial charge in [-0.3, -0.25) is 4.79 Å². The highest BCUT2D eigenvalue weighted by Gasteiger charge is 2.35. The molecule has 0 N–H and O–H groups in total. The Morgan fingerprint density at radius 1 is 1.33 bits per heavy atom. The van der Waals surface area contributed by atoms with Crippen molar-refractivity contribution in [2.24, 2.45) is 11.8 Å². The Morgan fingerprint density at radius 3 is 2.00 bits per heavy atom. The molecule has 2 unspecified atom stereocenters. The van der Waals surface area contributed by atoms with E-state index in [9.17, 15) is 4.79 Å². The van der Waals surface area contributed by atoms with E-state index in [0.29, 0.717) is 5.92 Å². The fourth-order valence-electron chi connectivity index (χ4n) is 1.02. The summed E-state index contributed by atoms with van der Waals surface area (Å²) in [5.41, 5.74) is 0. The summed E-state index contributed by atoms with van der Waals surface area (Å²) >= 11 is 0. The molecular weight excluding hydrogens is 116 g/mol. The molecule has 0 aliphatic carbocycles. The lowest BCUT2D eigenvalue weighted by Gasteiger charge is -2.06. The fraction of sp³-hybridized carbons (Fsp3) is 0.857. The van der Waals surface area contributed by atoms with E-state index in [1.54, 1.807) is 0 Å². The third kappa shape index (κ3) is 0.934. The van der Waals surface area contributed by atoms with Gasteiger partial charge in [-0.2, -0.15) is 0 Å². The second-order valence-electron chi connectivity index (χ2n) is 2.79. The van der Waals surface area contributed by atoms with E-state index in [1.807, 2.05) is 20.8 Å². The smallest absolute Gasteiger partial charge is 0.309 e. The van der Waals surface area contributed by atoms with Gasteiger partial charge in [0.1, 0.15) is 6.10 Å². The summed E-state index contributed by atoms with van der Waals surface area (Å²) in [4.78, 5) is 10.8. The Labute approximate surface area is 55.2 Å². The van der Waals surface area contributed by atoms with Crippen LogP contribution in [0.1, 0.15) is 20.8 Å². The van der Waals surface area contributed by atoms with Gasteiger partial charge < -0.3 is 4.74 Å². The minimum atomic E-state index is -0.0463. The molecule has 0 spiro atoms. The molecule has 3 atom stereocenters. The summed E-state index contributed by atoms with van der Waals surface area (Å²) in [6.45, 7) is 5.89. The Bertz CT molecular complexity index is 131. The molecule has 0 aromatic carbocycles. The third-order valence-corrected chi connectivity index (χ3v) is 2.20. The zero-order valence-corrected chi connectivity index (χ0v) is 6.05. The van der Waals surface area contributed by atoms with Crippen molar-refractivity contribution in [1.29, 1.82) is 0 Å². The Hall–Kier alpha value is -0.530. The summed E-state index contributed by atoms with van der Waals surface area (Å²) in [6, 6.07) is 0. The van der Waals surface area contributed by atoms with Gasteiger partial charge in [-0.1, -0.05) is 13.8 Å². The Balaban J connectivity index is 2.65. The fourth-order valence-corrected chi connectivity index (χ4v) is 1.02. The number of carbonyl (C=O) groups excluding carboxylic acids is 1. The van der Waals surface area contributed by atoms with Gasteiger partial charge in [0.2, 0.25) is 0 Å². The van der Waals surface area contributed by atoms with Crippen molar-refractivity contribution in [2.75, 3.05) is 0 Å². The normalized spacial score (nSPS) is 43.0. The number of hydrogen-bond acceptors (Lipinski definition) is 2. The highest BCUT2D eigenvalue weighted by Crippen LogP contribution is 2.26. The van der Waals surface area contributed by atoms with Crippen LogP contribution in [0.4, 0.5) is 0 Å². The quantitative estimate of drug-likeness (QED) is 0.458. The molecule has 0 saturated carbocycles. The lowest BCUT2D eigenvalue weighted by molar-refractivity contribution is -0.143. The summed E-state index contributed by atoms with van der Waals surface area (Å²) in [7, 11) is 0. The number of cyclic esters (lactones) is 1. The van der Waals surface area contributed by atoms with Crippen molar-refractivity contribution in [1.82, 2.24) is 0 Å². The van der Waals surface area contributed by atoms with Crippen molar-refractivity contribution < 1.29 is 9.53 Å². The molecule has 9 heavy (non-hydrogen) atoms. The molecule has 2 heteroatoms. The van der Waals surface area contributed by atoms with Crippen LogP contribution in [-0.4, -0.2) is 12.1 Å². The molecule has 1 heterocycles. The van der Waals surface area contributed by atoms with E-state index in [1.165, 1.54) is 0 Å². The van der Waals surface area contributed by atoms with Gasteiger partial charge >= 0.3 is 5.97 Å². The predicted octanol–water partition coefficient (Wildman–Crippen LogP) is 1.20. The highest BCUT2D eigenvalue weighted by atomic mass is 16.6. The van der Waals surface area contributed by atoms with Gasteiger partial charge in [0.05, 0.1) is 5.92 Å². The van der Waals surface area contributed by atoms with Crippen LogP contribution in [0.25, 0.3) is 0 Å². The monoisotopic (exact) mass is 128 g/mol. The summed E-state index contributed by atoms with van der Waals surface area (Å²) < 4.78 is 4.95. The van der Waals surface area contributed by atoms with Gasteiger partial charge in [-0.25, -0.2) is 0 Å². The van der Waals surface area contributed by atoms with Crippen LogP contribution in [0.5, 0.6) is 0 Å². The molecule has 1 rings (SSSR count). The van der Waals surface area contributed by atoms with Gasteiger partial charge in [0.15, 0.2) is 0 Å². The Morgan fingerprint density at radius 2 is 1.89 bits per heavy atom. The maximum atomic E-state index is 10.8. The number of ether oxygens (including phenoxy) is 1. The van der Waals surface area contributed by atoms with E-state index in [-0.39, 0.29) is 18.0 Å². The summed E-state index contributed by atoms with van der Waals surface area (Å²) in [5.74, 6) is 0.438. The Kier molecular flexibility index (Phi) is 1.47. The van der Waals surface area contributed by atoms with Crippen LogP contribution in [0, 0.1) is 11.8 Å². The third-order valence-electron chi connectivity index (χ3n) is 2.20. The first-order valence-corrected chi connectivity index (χ1v) is 3.33. The van der Waals surface area contributed by atoms with Crippen LogP contribution in [0.2, 0.25) is 0 Å². The molecule has 1 saturated heterocycles. The second-order valence-corrected chi connectivity index (χ2v) is 2.79. The van der Waals surface area contributed by atoms with Crippen LogP contribution in [0.15, 0.2) is 0 Å². The van der Waals surface area contributed by atoms with E-state index in [4.69, 9.17) is 4.74 Å². The minimum absolute atomic E-state index is 0.0463.